The number of carbonyl (C=O) groups excluding carboxylic acids is 1. The number of benzene rings is 1. The molecule has 1 aromatic carbocycles. The fourth-order valence-corrected chi connectivity index (χ4v) is 1.86. The first-order valence-electron chi connectivity index (χ1n) is 6.00. The lowest BCUT2D eigenvalue weighted by Gasteiger charge is -2.22. The highest BCUT2D eigenvalue weighted by molar-refractivity contribution is 5.94. The molecule has 118 valence electrons. The summed E-state index contributed by atoms with van der Waals surface area (Å²) in [6, 6.07) is -0.493. The number of alkyl halides is 3. The van der Waals surface area contributed by atoms with E-state index in [1.165, 1.54) is 17.9 Å². The minimum absolute atomic E-state index is 0.159. The largest absolute Gasteiger partial charge is 0.413 e. The van der Waals surface area contributed by atoms with Gasteiger partial charge in [0.05, 0.1) is 17.3 Å². The van der Waals surface area contributed by atoms with Crippen molar-refractivity contribution in [3.05, 3.63) is 53.4 Å². The molecule has 4 nitrogen and oxygen atoms in total. The van der Waals surface area contributed by atoms with E-state index in [1.54, 1.807) is 5.32 Å². The summed E-state index contributed by atoms with van der Waals surface area (Å²) in [4.78, 5) is 11.8. The SMILES string of the molecule is Cn1cc(C(=O)NC(c2c(F)cccc2F)C(F)(F)F)cn1. The molecule has 1 amide bonds. The molecule has 0 radical (unpaired) electrons. The second-order valence-electron chi connectivity index (χ2n) is 4.49. The van der Waals surface area contributed by atoms with Crippen molar-refractivity contribution in [2.24, 2.45) is 7.05 Å². The Morgan fingerprint density at radius 2 is 1.86 bits per heavy atom. The third kappa shape index (κ3) is 3.23. The van der Waals surface area contributed by atoms with Gasteiger partial charge in [-0.2, -0.15) is 18.3 Å². The second-order valence-corrected chi connectivity index (χ2v) is 4.49. The Morgan fingerprint density at radius 3 is 2.32 bits per heavy atom. The van der Waals surface area contributed by atoms with E-state index in [9.17, 15) is 26.7 Å². The number of nitrogens with zero attached hydrogens (tertiary/aromatic N) is 2. The van der Waals surface area contributed by atoms with Gasteiger partial charge in [0, 0.05) is 13.2 Å². The number of amides is 1. The predicted octanol–water partition coefficient (Wildman–Crippen LogP) is 2.73. The Bertz CT molecular complexity index is 675. The number of halogens is 5. The molecule has 2 aromatic rings. The molecule has 0 aliphatic heterocycles. The van der Waals surface area contributed by atoms with Gasteiger partial charge in [-0.1, -0.05) is 6.07 Å². The van der Waals surface area contributed by atoms with Gasteiger partial charge in [0.1, 0.15) is 11.6 Å². The van der Waals surface area contributed by atoms with Crippen molar-refractivity contribution in [1.29, 1.82) is 0 Å². The van der Waals surface area contributed by atoms with Gasteiger partial charge in [0.25, 0.3) is 5.91 Å². The molecule has 9 heteroatoms. The number of hydrogen-bond donors (Lipinski definition) is 1. The number of aromatic nitrogens is 2. The molecule has 0 saturated heterocycles. The van der Waals surface area contributed by atoms with E-state index in [0.717, 1.165) is 12.3 Å². The average Bonchev–Trinajstić information content (AvgIpc) is 2.82. The van der Waals surface area contributed by atoms with E-state index in [1.807, 2.05) is 0 Å². The lowest BCUT2D eigenvalue weighted by atomic mass is 10.0. The predicted molar refractivity (Wildman–Crippen MR) is 65.8 cm³/mol. The van der Waals surface area contributed by atoms with Crippen LogP contribution in [0.5, 0.6) is 0 Å². The van der Waals surface area contributed by atoms with Crippen LogP contribution in [0.3, 0.4) is 0 Å². The van der Waals surface area contributed by atoms with Gasteiger partial charge in [-0.15, -0.1) is 0 Å². The van der Waals surface area contributed by atoms with Crippen LogP contribution in [0.15, 0.2) is 30.6 Å². The maximum absolute atomic E-state index is 13.6. The van der Waals surface area contributed by atoms with Gasteiger partial charge < -0.3 is 5.32 Å². The Labute approximate surface area is 121 Å². The summed E-state index contributed by atoms with van der Waals surface area (Å²) in [5.41, 5.74) is -1.42. The molecule has 0 bridgehead atoms. The smallest absolute Gasteiger partial charge is 0.336 e. The van der Waals surface area contributed by atoms with Crippen LogP contribution in [0.4, 0.5) is 22.0 Å². The summed E-state index contributed by atoms with van der Waals surface area (Å²) in [5.74, 6) is -3.93. The molecule has 0 spiro atoms. The number of nitrogens with one attached hydrogen (secondary N) is 1. The van der Waals surface area contributed by atoms with Gasteiger partial charge in [-0.25, -0.2) is 8.78 Å². The summed E-state index contributed by atoms with van der Waals surface area (Å²) >= 11 is 0. The zero-order chi connectivity index (χ0) is 16.5. The fraction of sp³-hybridized carbons (Fsp3) is 0.231. The van der Waals surface area contributed by atoms with E-state index in [2.05, 4.69) is 5.10 Å². The van der Waals surface area contributed by atoms with E-state index in [0.29, 0.717) is 12.1 Å². The molecule has 22 heavy (non-hydrogen) atoms. The molecule has 1 heterocycles. The van der Waals surface area contributed by atoms with E-state index in [-0.39, 0.29) is 5.56 Å². The van der Waals surface area contributed by atoms with Gasteiger partial charge in [0.2, 0.25) is 0 Å². The van der Waals surface area contributed by atoms with Crippen molar-refractivity contribution in [1.82, 2.24) is 15.1 Å². The first kappa shape index (κ1) is 15.9. The first-order chi connectivity index (χ1) is 10.2. The number of aryl methyl sites for hydroxylation is 1. The van der Waals surface area contributed by atoms with Crippen molar-refractivity contribution in [2.45, 2.75) is 12.2 Å². The van der Waals surface area contributed by atoms with Crippen LogP contribution in [-0.2, 0) is 7.05 Å². The third-order valence-electron chi connectivity index (χ3n) is 2.86. The molecule has 1 aromatic heterocycles. The van der Waals surface area contributed by atoms with Crippen LogP contribution in [0.25, 0.3) is 0 Å². The molecule has 0 aliphatic rings. The Kier molecular flexibility index (Phi) is 4.16. The molecule has 0 saturated carbocycles. The van der Waals surface area contributed by atoms with Crippen molar-refractivity contribution in [2.75, 3.05) is 0 Å². The summed E-state index contributed by atoms with van der Waals surface area (Å²) in [6.07, 6.45) is -2.85. The van der Waals surface area contributed by atoms with Crippen LogP contribution in [0, 0.1) is 11.6 Å². The molecule has 0 fully saturated rings. The van der Waals surface area contributed by atoms with E-state index >= 15 is 0 Å². The Balaban J connectivity index is 2.38. The van der Waals surface area contributed by atoms with Crippen LogP contribution in [0.2, 0.25) is 0 Å². The van der Waals surface area contributed by atoms with Crippen LogP contribution in [-0.4, -0.2) is 21.9 Å². The molecule has 1 atom stereocenters. The highest BCUT2D eigenvalue weighted by Gasteiger charge is 2.45. The molecule has 2 rings (SSSR count). The lowest BCUT2D eigenvalue weighted by molar-refractivity contribution is -0.156. The number of carbonyl (C=O) groups is 1. The Morgan fingerprint density at radius 1 is 1.27 bits per heavy atom. The summed E-state index contributed by atoms with van der Waals surface area (Å²) < 4.78 is 67.6. The van der Waals surface area contributed by atoms with Gasteiger partial charge in [-0.3, -0.25) is 9.48 Å². The van der Waals surface area contributed by atoms with Crippen LogP contribution >= 0.6 is 0 Å². The minimum Gasteiger partial charge on any atom is -0.336 e. The zero-order valence-electron chi connectivity index (χ0n) is 11.2. The Hall–Kier alpha value is -2.45. The highest BCUT2D eigenvalue weighted by atomic mass is 19.4. The fourth-order valence-electron chi connectivity index (χ4n) is 1.86. The summed E-state index contributed by atoms with van der Waals surface area (Å²) in [5, 5.41) is 5.23. The van der Waals surface area contributed by atoms with Crippen molar-refractivity contribution >= 4 is 5.91 Å². The minimum atomic E-state index is -5.07. The maximum Gasteiger partial charge on any atom is 0.413 e. The molecule has 0 aliphatic carbocycles. The van der Waals surface area contributed by atoms with Crippen LogP contribution < -0.4 is 5.32 Å². The average molecular weight is 319 g/mol. The lowest BCUT2D eigenvalue weighted by Crippen LogP contribution is -2.39. The van der Waals surface area contributed by atoms with E-state index in [4.69, 9.17) is 0 Å². The van der Waals surface area contributed by atoms with Crippen LogP contribution in [0.1, 0.15) is 22.0 Å². The number of rotatable bonds is 3. The molecular formula is C13H10F5N3O. The monoisotopic (exact) mass is 319 g/mol. The molecular weight excluding hydrogens is 309 g/mol. The van der Waals surface area contributed by atoms with Gasteiger partial charge in [-0.05, 0) is 12.1 Å². The third-order valence-corrected chi connectivity index (χ3v) is 2.86. The van der Waals surface area contributed by atoms with Crippen molar-refractivity contribution in [3.63, 3.8) is 0 Å². The van der Waals surface area contributed by atoms with Crippen molar-refractivity contribution in [3.8, 4) is 0 Å². The number of hydrogen-bond acceptors (Lipinski definition) is 2. The highest BCUT2D eigenvalue weighted by Crippen LogP contribution is 2.35. The van der Waals surface area contributed by atoms with Gasteiger partial charge in [0.15, 0.2) is 6.04 Å². The maximum atomic E-state index is 13.6. The zero-order valence-corrected chi connectivity index (χ0v) is 11.2. The normalized spacial score (nSPS) is 13.0. The van der Waals surface area contributed by atoms with E-state index < -0.39 is 35.3 Å². The standard InChI is InChI=1S/C13H10F5N3O/c1-21-6-7(5-19-21)12(22)20-11(13(16,17)18)10-8(14)3-2-4-9(10)15/h2-6,11H,1H3,(H,20,22). The molecule has 1 N–H and O–H groups in total. The quantitative estimate of drug-likeness (QED) is 0.884. The van der Waals surface area contributed by atoms with Gasteiger partial charge >= 0.3 is 6.18 Å². The molecule has 1 unspecified atom stereocenters. The summed E-state index contributed by atoms with van der Waals surface area (Å²) in [7, 11) is 1.47. The second kappa shape index (κ2) is 5.74. The first-order valence-corrected chi connectivity index (χ1v) is 6.00. The van der Waals surface area contributed by atoms with Crippen molar-refractivity contribution < 1.29 is 26.7 Å². The summed E-state index contributed by atoms with van der Waals surface area (Å²) in [6.45, 7) is 0. The topological polar surface area (TPSA) is 46.9 Å².